The summed E-state index contributed by atoms with van der Waals surface area (Å²) in [6, 6.07) is 13.1. The zero-order valence-electron chi connectivity index (χ0n) is 16.0. The van der Waals surface area contributed by atoms with Crippen LogP contribution in [0, 0.1) is 13.8 Å². The number of hydrogen-bond donors (Lipinski definition) is 1. The lowest BCUT2D eigenvalue weighted by atomic mass is 10.1. The Bertz CT molecular complexity index is 967. The van der Waals surface area contributed by atoms with E-state index >= 15 is 0 Å². The van der Waals surface area contributed by atoms with Gasteiger partial charge in [-0.15, -0.1) is 0 Å². The lowest BCUT2D eigenvalue weighted by molar-refractivity contribution is 0.0955. The molecule has 0 atom stereocenters. The number of thioether (sulfide) groups is 1. The molecule has 0 fully saturated rings. The zero-order valence-corrected chi connectivity index (χ0v) is 16.8. The number of nitrogens with zero attached hydrogens (tertiary/aromatic N) is 4. The molecular weight excluding hydrogens is 370 g/mol. The van der Waals surface area contributed by atoms with E-state index in [1.165, 1.54) is 0 Å². The highest BCUT2D eigenvalue weighted by Crippen LogP contribution is 2.20. The number of rotatable bonds is 6. The summed E-state index contributed by atoms with van der Waals surface area (Å²) in [5, 5.41) is 4.92. The van der Waals surface area contributed by atoms with Crippen LogP contribution in [0.5, 0.6) is 0 Å². The number of benzene rings is 1. The van der Waals surface area contributed by atoms with Crippen LogP contribution in [0.15, 0.2) is 65.1 Å². The van der Waals surface area contributed by atoms with Gasteiger partial charge in [-0.3, -0.25) is 9.78 Å². The van der Waals surface area contributed by atoms with Gasteiger partial charge in [-0.05, 0) is 56.7 Å². The predicted molar refractivity (Wildman–Crippen MR) is 111 cm³/mol. The second kappa shape index (κ2) is 9.23. The Morgan fingerprint density at radius 2 is 1.64 bits per heavy atom. The van der Waals surface area contributed by atoms with Gasteiger partial charge < -0.3 is 0 Å². The van der Waals surface area contributed by atoms with E-state index in [9.17, 15) is 4.79 Å². The Labute approximate surface area is 168 Å². The third kappa shape index (κ3) is 5.47. The molecule has 0 radical (unpaired) electrons. The molecule has 7 heteroatoms. The van der Waals surface area contributed by atoms with Gasteiger partial charge >= 0.3 is 0 Å². The normalized spacial score (nSPS) is 11.3. The van der Waals surface area contributed by atoms with E-state index in [1.54, 1.807) is 36.3 Å². The summed E-state index contributed by atoms with van der Waals surface area (Å²) in [5.74, 6) is 0.495. The first-order chi connectivity index (χ1) is 13.5. The topological polar surface area (TPSA) is 80.1 Å². The first kappa shape index (κ1) is 19.7. The molecule has 0 aliphatic heterocycles. The van der Waals surface area contributed by atoms with Gasteiger partial charge in [0.15, 0.2) is 5.16 Å². The van der Waals surface area contributed by atoms with Gasteiger partial charge in [0, 0.05) is 40.7 Å². The number of carbonyl (C=O) groups excluding carboxylic acids is 1. The molecule has 0 aliphatic rings. The molecule has 28 heavy (non-hydrogen) atoms. The monoisotopic (exact) mass is 391 g/mol. The molecule has 0 aliphatic carbocycles. The van der Waals surface area contributed by atoms with E-state index in [-0.39, 0.29) is 5.91 Å². The first-order valence-electron chi connectivity index (χ1n) is 8.80. The van der Waals surface area contributed by atoms with Crippen LogP contribution in [0.25, 0.3) is 0 Å². The molecular formula is C21H21N5OS. The van der Waals surface area contributed by atoms with Gasteiger partial charge in [0.05, 0.1) is 5.71 Å². The average molecular weight is 392 g/mol. The van der Waals surface area contributed by atoms with Crippen molar-refractivity contribution in [3.63, 3.8) is 0 Å². The third-order valence-corrected chi connectivity index (χ3v) is 4.89. The molecule has 0 bridgehead atoms. The van der Waals surface area contributed by atoms with E-state index in [2.05, 4.69) is 25.5 Å². The van der Waals surface area contributed by atoms with Crippen molar-refractivity contribution in [2.24, 2.45) is 5.10 Å². The molecule has 3 aromatic rings. The summed E-state index contributed by atoms with van der Waals surface area (Å²) in [5.41, 5.74) is 7.80. The molecule has 1 aromatic carbocycles. The minimum absolute atomic E-state index is 0.245. The molecule has 6 nitrogen and oxygen atoms in total. The quantitative estimate of drug-likeness (QED) is 0.298. The van der Waals surface area contributed by atoms with Gasteiger partial charge in [0.2, 0.25) is 0 Å². The smallest absolute Gasteiger partial charge is 0.267 e. The van der Waals surface area contributed by atoms with Gasteiger partial charge in [-0.25, -0.2) is 15.4 Å². The number of amides is 1. The van der Waals surface area contributed by atoms with Crippen LogP contribution in [0.4, 0.5) is 0 Å². The predicted octanol–water partition coefficient (Wildman–Crippen LogP) is 3.93. The maximum Gasteiger partial charge on any atom is 0.271 e. The van der Waals surface area contributed by atoms with Crippen molar-refractivity contribution in [1.29, 1.82) is 0 Å². The largest absolute Gasteiger partial charge is 0.271 e. The Balaban J connectivity index is 1.58. The molecule has 0 saturated carbocycles. The minimum atomic E-state index is -0.245. The Morgan fingerprint density at radius 3 is 2.29 bits per heavy atom. The highest BCUT2D eigenvalue weighted by Gasteiger charge is 2.06. The van der Waals surface area contributed by atoms with Crippen molar-refractivity contribution < 1.29 is 4.79 Å². The van der Waals surface area contributed by atoms with Gasteiger partial charge in [-0.2, -0.15) is 5.10 Å². The highest BCUT2D eigenvalue weighted by atomic mass is 32.2. The molecule has 3 rings (SSSR count). The summed E-state index contributed by atoms with van der Waals surface area (Å²) < 4.78 is 0. The highest BCUT2D eigenvalue weighted by molar-refractivity contribution is 7.98. The van der Waals surface area contributed by atoms with Crippen molar-refractivity contribution in [1.82, 2.24) is 20.4 Å². The fourth-order valence-electron chi connectivity index (χ4n) is 2.52. The average Bonchev–Trinajstić information content (AvgIpc) is 2.70. The molecule has 2 heterocycles. The molecule has 1 N–H and O–H groups in total. The third-order valence-electron chi connectivity index (χ3n) is 3.97. The standard InChI is InChI=1S/C21H21N5OS/c1-14-12-15(2)24-21(23-14)28-13-17-4-6-19(7-5-17)20(27)26-25-16(3)18-8-10-22-11-9-18/h4-12H,13H2,1-3H3,(H,26,27)/b25-16+. The summed E-state index contributed by atoms with van der Waals surface area (Å²) >= 11 is 1.58. The molecule has 1 amide bonds. The first-order valence-corrected chi connectivity index (χ1v) is 9.79. The van der Waals surface area contributed by atoms with E-state index in [1.807, 2.05) is 51.1 Å². The zero-order chi connectivity index (χ0) is 19.9. The number of hydrazone groups is 1. The number of aromatic nitrogens is 3. The van der Waals surface area contributed by atoms with Crippen LogP contribution < -0.4 is 5.43 Å². The van der Waals surface area contributed by atoms with E-state index in [0.29, 0.717) is 5.56 Å². The van der Waals surface area contributed by atoms with E-state index in [0.717, 1.165) is 39.1 Å². The van der Waals surface area contributed by atoms with Crippen LogP contribution in [-0.2, 0) is 5.75 Å². The van der Waals surface area contributed by atoms with Crippen LogP contribution in [-0.4, -0.2) is 26.6 Å². The van der Waals surface area contributed by atoms with E-state index < -0.39 is 0 Å². The number of aryl methyl sites for hydroxylation is 2. The SMILES string of the molecule is C/C(=N\NC(=O)c1ccc(CSc2nc(C)cc(C)n2)cc1)c1ccncc1. The number of nitrogens with one attached hydrogen (secondary N) is 1. The maximum atomic E-state index is 12.3. The lowest BCUT2D eigenvalue weighted by Gasteiger charge is -2.05. The Kier molecular flexibility index (Phi) is 6.49. The van der Waals surface area contributed by atoms with Crippen LogP contribution in [0.2, 0.25) is 0 Å². The van der Waals surface area contributed by atoms with Crippen LogP contribution >= 0.6 is 11.8 Å². The van der Waals surface area contributed by atoms with Crippen LogP contribution in [0.1, 0.15) is 39.8 Å². The van der Waals surface area contributed by atoms with Crippen molar-refractivity contribution >= 4 is 23.4 Å². The van der Waals surface area contributed by atoms with E-state index in [4.69, 9.17) is 0 Å². The minimum Gasteiger partial charge on any atom is -0.267 e. The fourth-order valence-corrected chi connectivity index (χ4v) is 3.42. The summed E-state index contributed by atoms with van der Waals surface area (Å²) in [6.07, 6.45) is 3.38. The molecule has 0 saturated heterocycles. The van der Waals surface area contributed by atoms with Crippen LogP contribution in [0.3, 0.4) is 0 Å². The second-order valence-electron chi connectivity index (χ2n) is 6.29. The fraction of sp³-hybridized carbons (Fsp3) is 0.190. The maximum absolute atomic E-state index is 12.3. The molecule has 142 valence electrons. The lowest BCUT2D eigenvalue weighted by Crippen LogP contribution is -2.19. The van der Waals surface area contributed by atoms with Gasteiger partial charge in [0.25, 0.3) is 5.91 Å². The van der Waals surface area contributed by atoms with Gasteiger partial charge in [0.1, 0.15) is 0 Å². The molecule has 0 unspecified atom stereocenters. The van der Waals surface area contributed by atoms with Crippen molar-refractivity contribution in [3.05, 3.63) is 82.9 Å². The van der Waals surface area contributed by atoms with Crippen molar-refractivity contribution in [2.75, 3.05) is 0 Å². The van der Waals surface area contributed by atoms with Crippen molar-refractivity contribution in [3.8, 4) is 0 Å². The number of pyridine rings is 1. The summed E-state index contributed by atoms with van der Waals surface area (Å²) in [7, 11) is 0. The number of carbonyl (C=O) groups is 1. The Morgan fingerprint density at radius 1 is 1.00 bits per heavy atom. The number of hydrogen-bond acceptors (Lipinski definition) is 6. The van der Waals surface area contributed by atoms with Crippen molar-refractivity contribution in [2.45, 2.75) is 31.7 Å². The summed E-state index contributed by atoms with van der Waals surface area (Å²) in [4.78, 5) is 25.1. The molecule has 2 aromatic heterocycles. The Hall–Kier alpha value is -3.06. The summed E-state index contributed by atoms with van der Waals surface area (Å²) in [6.45, 7) is 5.76. The second-order valence-corrected chi connectivity index (χ2v) is 7.24. The van der Waals surface area contributed by atoms with Gasteiger partial charge in [-0.1, -0.05) is 23.9 Å². The molecule has 0 spiro atoms.